The van der Waals surface area contributed by atoms with Crippen LogP contribution in [0, 0.1) is 6.92 Å². The maximum atomic E-state index is 10.3. The summed E-state index contributed by atoms with van der Waals surface area (Å²) in [5.74, 6) is 0. The molecule has 128 valence electrons. The number of hydrogen-bond acceptors (Lipinski definition) is 6. The molecule has 0 aromatic heterocycles. The number of aliphatic hydroxyl groups excluding tert-OH is 3. The lowest BCUT2D eigenvalue weighted by Gasteiger charge is -2.43. The average molecular weight is 323 g/mol. The van der Waals surface area contributed by atoms with Crippen molar-refractivity contribution in [2.75, 3.05) is 13.2 Å². The van der Waals surface area contributed by atoms with Crippen molar-refractivity contribution in [3.63, 3.8) is 0 Å². The second-order valence-electron chi connectivity index (χ2n) is 6.87. The molecule has 23 heavy (non-hydrogen) atoms. The van der Waals surface area contributed by atoms with Gasteiger partial charge in [-0.3, -0.25) is 0 Å². The van der Waals surface area contributed by atoms with Crippen LogP contribution in [0.2, 0.25) is 0 Å². The maximum absolute atomic E-state index is 10.3. The van der Waals surface area contributed by atoms with Crippen LogP contribution in [0.3, 0.4) is 0 Å². The fraction of sp³-hybridized carbons (Fsp3) is 0.647. The van der Waals surface area contributed by atoms with E-state index in [0.717, 1.165) is 11.1 Å². The highest BCUT2D eigenvalue weighted by Gasteiger charge is 2.45. The fourth-order valence-corrected chi connectivity index (χ4v) is 3.16. The zero-order valence-corrected chi connectivity index (χ0v) is 13.3. The summed E-state index contributed by atoms with van der Waals surface area (Å²) in [6, 6.07) is 7.60. The molecule has 6 heteroatoms. The summed E-state index contributed by atoms with van der Waals surface area (Å²) in [7, 11) is 0. The van der Waals surface area contributed by atoms with E-state index >= 15 is 0 Å². The third-order valence-electron chi connectivity index (χ3n) is 4.82. The number of hydrogen-bond donors (Lipinski definition) is 4. The second-order valence-corrected chi connectivity index (χ2v) is 6.87. The van der Waals surface area contributed by atoms with Gasteiger partial charge >= 0.3 is 0 Å². The van der Waals surface area contributed by atoms with E-state index in [-0.39, 0.29) is 5.54 Å². The summed E-state index contributed by atoms with van der Waals surface area (Å²) in [6.45, 7) is 2.98. The van der Waals surface area contributed by atoms with E-state index in [1.165, 1.54) is 0 Å². The minimum Gasteiger partial charge on any atom is -0.388 e. The van der Waals surface area contributed by atoms with E-state index in [2.05, 4.69) is 0 Å². The first kappa shape index (κ1) is 16.8. The van der Waals surface area contributed by atoms with Crippen molar-refractivity contribution >= 4 is 0 Å². The summed E-state index contributed by atoms with van der Waals surface area (Å²) in [4.78, 5) is 0. The van der Waals surface area contributed by atoms with Gasteiger partial charge in [-0.25, -0.2) is 0 Å². The minimum absolute atomic E-state index is 0.372. The van der Waals surface area contributed by atoms with Crippen molar-refractivity contribution in [3.05, 3.63) is 35.4 Å². The van der Waals surface area contributed by atoms with E-state index in [1.807, 2.05) is 31.2 Å². The number of aryl methyl sites for hydroxylation is 1. The van der Waals surface area contributed by atoms with Gasteiger partial charge in [-0.2, -0.15) is 0 Å². The highest BCUT2D eigenvalue weighted by molar-refractivity contribution is 5.25. The van der Waals surface area contributed by atoms with Crippen molar-refractivity contribution in [1.82, 2.24) is 0 Å². The standard InChI is InChI=1S/C17H25NO5/c1-10-2-4-11(5-3-10)16-15(21)14(20)13(19)12(23-16)6-7-17(18)8-22-9-17/h2-5,12-16,19-21H,6-9,18H2,1H3/t12-,13-,14+,15+,16?/m1/s1. The molecule has 5 N–H and O–H groups in total. The molecule has 2 aliphatic heterocycles. The van der Waals surface area contributed by atoms with Crippen LogP contribution in [0.15, 0.2) is 24.3 Å². The smallest absolute Gasteiger partial charge is 0.113 e. The van der Waals surface area contributed by atoms with Gasteiger partial charge in [0.1, 0.15) is 24.4 Å². The largest absolute Gasteiger partial charge is 0.388 e. The van der Waals surface area contributed by atoms with Crippen LogP contribution in [-0.2, 0) is 9.47 Å². The van der Waals surface area contributed by atoms with E-state index in [9.17, 15) is 15.3 Å². The van der Waals surface area contributed by atoms with Crippen molar-refractivity contribution in [1.29, 1.82) is 0 Å². The van der Waals surface area contributed by atoms with Crippen LogP contribution in [0.25, 0.3) is 0 Å². The van der Waals surface area contributed by atoms with Crippen molar-refractivity contribution in [3.8, 4) is 0 Å². The zero-order chi connectivity index (χ0) is 16.6. The van der Waals surface area contributed by atoms with Gasteiger partial charge in [0.25, 0.3) is 0 Å². The first-order valence-electron chi connectivity index (χ1n) is 8.02. The quantitative estimate of drug-likeness (QED) is 0.623. The van der Waals surface area contributed by atoms with Crippen LogP contribution in [0.1, 0.15) is 30.1 Å². The van der Waals surface area contributed by atoms with Gasteiger partial charge in [0, 0.05) is 0 Å². The predicted octanol–water partition coefficient (Wildman–Crippen LogP) is 0.0255. The fourth-order valence-electron chi connectivity index (χ4n) is 3.16. The Hall–Kier alpha value is -1.02. The Balaban J connectivity index is 1.71. The lowest BCUT2D eigenvalue weighted by Crippen LogP contribution is -2.59. The number of nitrogens with two attached hydrogens (primary N) is 1. The third kappa shape index (κ3) is 3.42. The lowest BCUT2D eigenvalue weighted by molar-refractivity contribution is -0.228. The zero-order valence-electron chi connectivity index (χ0n) is 13.3. The Labute approximate surface area is 135 Å². The van der Waals surface area contributed by atoms with Gasteiger partial charge < -0.3 is 30.5 Å². The molecule has 0 bridgehead atoms. The van der Waals surface area contributed by atoms with Crippen LogP contribution in [0.4, 0.5) is 0 Å². The molecule has 1 unspecified atom stereocenters. The molecule has 1 aromatic rings. The van der Waals surface area contributed by atoms with Gasteiger partial charge in [0.2, 0.25) is 0 Å². The molecule has 0 amide bonds. The summed E-state index contributed by atoms with van der Waals surface area (Å²) < 4.78 is 11.0. The second kappa shape index (κ2) is 6.47. The molecule has 2 heterocycles. The third-order valence-corrected chi connectivity index (χ3v) is 4.82. The highest BCUT2D eigenvalue weighted by Crippen LogP contribution is 2.35. The lowest BCUT2D eigenvalue weighted by atomic mass is 9.85. The van der Waals surface area contributed by atoms with Crippen molar-refractivity contribution < 1.29 is 24.8 Å². The van der Waals surface area contributed by atoms with E-state index in [1.54, 1.807) is 0 Å². The Morgan fingerprint density at radius 3 is 2.30 bits per heavy atom. The molecule has 2 fully saturated rings. The minimum atomic E-state index is -1.24. The molecule has 2 saturated heterocycles. The van der Waals surface area contributed by atoms with Crippen molar-refractivity contribution in [2.24, 2.45) is 5.73 Å². The monoisotopic (exact) mass is 323 g/mol. The molecular formula is C17H25NO5. The summed E-state index contributed by atoms with van der Waals surface area (Å²) in [5.41, 5.74) is 7.63. The molecule has 0 saturated carbocycles. The van der Waals surface area contributed by atoms with Crippen molar-refractivity contribution in [2.45, 2.75) is 55.8 Å². The topological polar surface area (TPSA) is 105 Å². The van der Waals surface area contributed by atoms with E-state index in [4.69, 9.17) is 15.2 Å². The molecule has 2 aliphatic rings. The van der Waals surface area contributed by atoms with Crippen LogP contribution in [-0.4, -0.2) is 58.5 Å². The van der Waals surface area contributed by atoms with Crippen LogP contribution in [0.5, 0.6) is 0 Å². The van der Waals surface area contributed by atoms with Crippen LogP contribution < -0.4 is 5.73 Å². The van der Waals surface area contributed by atoms with Gasteiger partial charge in [-0.15, -0.1) is 0 Å². The Bertz CT molecular complexity index is 530. The number of rotatable bonds is 4. The Morgan fingerprint density at radius 2 is 1.74 bits per heavy atom. The molecule has 5 atom stereocenters. The maximum Gasteiger partial charge on any atom is 0.113 e. The summed E-state index contributed by atoms with van der Waals surface area (Å²) in [6.07, 6.45) is -3.62. The normalized spacial score (nSPS) is 36.5. The SMILES string of the molecule is Cc1ccc(C2O[C@H](CCC3(N)COC3)[C@@H](O)[C@H](O)[C@@H]2O)cc1. The molecule has 1 aromatic carbocycles. The van der Waals surface area contributed by atoms with Crippen LogP contribution >= 0.6 is 0 Å². The molecule has 0 radical (unpaired) electrons. The molecule has 3 rings (SSSR count). The van der Waals surface area contributed by atoms with Gasteiger partial charge in [-0.1, -0.05) is 29.8 Å². The van der Waals surface area contributed by atoms with Gasteiger partial charge in [-0.05, 0) is 25.3 Å². The number of ether oxygens (including phenoxy) is 2. The molecule has 6 nitrogen and oxygen atoms in total. The molecule has 0 aliphatic carbocycles. The average Bonchev–Trinajstić information content (AvgIpc) is 2.51. The summed E-state index contributed by atoms with van der Waals surface area (Å²) >= 11 is 0. The first-order valence-corrected chi connectivity index (χ1v) is 8.02. The van der Waals surface area contributed by atoms with Gasteiger partial charge in [0.15, 0.2) is 0 Å². The van der Waals surface area contributed by atoms with E-state index in [0.29, 0.717) is 26.1 Å². The molecular weight excluding hydrogens is 298 g/mol. The number of benzene rings is 1. The molecule has 0 spiro atoms. The summed E-state index contributed by atoms with van der Waals surface area (Å²) in [5, 5.41) is 30.6. The number of aliphatic hydroxyl groups is 3. The first-order chi connectivity index (χ1) is 10.9. The Kier molecular flexibility index (Phi) is 4.73. The predicted molar refractivity (Wildman–Crippen MR) is 83.8 cm³/mol. The Morgan fingerprint density at radius 1 is 1.09 bits per heavy atom. The van der Waals surface area contributed by atoms with Gasteiger partial charge in [0.05, 0.1) is 24.9 Å². The van der Waals surface area contributed by atoms with E-state index < -0.39 is 30.5 Å². The highest BCUT2D eigenvalue weighted by atomic mass is 16.5.